The van der Waals surface area contributed by atoms with Gasteiger partial charge in [-0.2, -0.15) is 0 Å². The molecular weight excluding hydrogens is 503 g/mol. The van der Waals surface area contributed by atoms with Gasteiger partial charge in [-0.1, -0.05) is 23.2 Å². The number of aliphatic carboxylic acids is 1. The van der Waals surface area contributed by atoms with E-state index in [1.807, 2.05) is 0 Å². The minimum Gasteiger partial charge on any atom is -0.480 e. The molecule has 2 amide bonds. The summed E-state index contributed by atoms with van der Waals surface area (Å²) in [5.41, 5.74) is 2.04. The number of hydrogen-bond donors (Lipinski definition) is 2. The lowest BCUT2D eigenvalue weighted by Gasteiger charge is -2.24. The van der Waals surface area contributed by atoms with Crippen molar-refractivity contribution in [2.24, 2.45) is 0 Å². The maximum atomic E-state index is 13.3. The first-order valence-corrected chi connectivity index (χ1v) is 12.2. The Morgan fingerprint density at radius 3 is 2.38 bits per heavy atom. The summed E-state index contributed by atoms with van der Waals surface area (Å²) >= 11 is 11.9. The number of carbonyl (C=O) groups excluding carboxylic acids is 1. The molecular formula is C22H18Cl2N4O5S. The molecule has 1 aliphatic rings. The molecule has 12 heteroatoms. The number of carboxylic acids is 1. The number of anilines is 3. The zero-order chi connectivity index (χ0) is 24.5. The molecule has 0 fully saturated rings. The van der Waals surface area contributed by atoms with Gasteiger partial charge in [0.1, 0.15) is 6.54 Å². The predicted molar refractivity (Wildman–Crippen MR) is 129 cm³/mol. The Balaban J connectivity index is 1.66. The molecule has 0 aliphatic carbocycles. The van der Waals surface area contributed by atoms with Crippen molar-refractivity contribution in [1.82, 2.24) is 4.98 Å². The normalized spacial score (nSPS) is 12.8. The van der Waals surface area contributed by atoms with Crippen LogP contribution in [0.3, 0.4) is 0 Å². The number of pyridine rings is 1. The van der Waals surface area contributed by atoms with Crippen LogP contribution in [-0.4, -0.2) is 43.6 Å². The fourth-order valence-electron chi connectivity index (χ4n) is 3.62. The highest BCUT2D eigenvalue weighted by Crippen LogP contribution is 2.35. The zero-order valence-corrected chi connectivity index (χ0v) is 19.8. The lowest BCUT2D eigenvalue weighted by molar-refractivity contribution is -0.135. The summed E-state index contributed by atoms with van der Waals surface area (Å²) in [7, 11) is -4.30. The Bertz CT molecular complexity index is 1350. The first-order chi connectivity index (χ1) is 16.1. The summed E-state index contributed by atoms with van der Waals surface area (Å²) in [6.45, 7) is -0.428. The number of carboxylic acid groups (broad SMARTS) is 1. The summed E-state index contributed by atoms with van der Waals surface area (Å²) < 4.78 is 27.4. The average molecular weight is 521 g/mol. The Labute approximate surface area is 205 Å². The molecule has 0 spiro atoms. The second kappa shape index (κ2) is 9.49. The van der Waals surface area contributed by atoms with E-state index in [1.165, 1.54) is 29.2 Å². The Morgan fingerprint density at radius 1 is 1.06 bits per heavy atom. The smallest absolute Gasteiger partial charge is 0.326 e. The summed E-state index contributed by atoms with van der Waals surface area (Å²) in [4.78, 5) is 29.5. The van der Waals surface area contributed by atoms with Gasteiger partial charge in [-0.05, 0) is 60.5 Å². The van der Waals surface area contributed by atoms with Gasteiger partial charge in [0, 0.05) is 40.4 Å². The minimum atomic E-state index is -4.30. The Hall–Kier alpha value is -3.34. The number of halogens is 2. The summed E-state index contributed by atoms with van der Waals surface area (Å²) in [5, 5.41) is 12.4. The molecule has 34 heavy (non-hydrogen) atoms. The van der Waals surface area contributed by atoms with Gasteiger partial charge in [-0.15, -0.1) is 0 Å². The van der Waals surface area contributed by atoms with Gasteiger partial charge in [0.25, 0.3) is 10.0 Å². The van der Waals surface area contributed by atoms with Crippen LogP contribution < -0.4 is 14.5 Å². The molecule has 2 N–H and O–H groups in total. The van der Waals surface area contributed by atoms with Crippen molar-refractivity contribution in [1.29, 1.82) is 0 Å². The standard InChI is InChI=1S/C22H18Cl2N4O5S/c23-15-10-16(24)12-19(11-15)34(32,33)28(13-21(29)30)18-1-2-20-14(9-18)5-8-27(20)22(31)26-17-3-6-25-7-4-17/h1-4,6-7,9-12H,5,8,13H2,(H,29,30)(H,25,26,31). The largest absolute Gasteiger partial charge is 0.480 e. The Kier molecular flexibility index (Phi) is 6.65. The van der Waals surface area contributed by atoms with Gasteiger partial charge < -0.3 is 10.4 Å². The number of urea groups is 1. The molecule has 176 valence electrons. The molecule has 4 rings (SSSR count). The van der Waals surface area contributed by atoms with Gasteiger partial charge in [0.15, 0.2) is 0 Å². The average Bonchev–Trinajstić information content (AvgIpc) is 3.20. The van der Waals surface area contributed by atoms with E-state index in [0.717, 1.165) is 4.31 Å². The van der Waals surface area contributed by atoms with E-state index in [-0.39, 0.29) is 26.7 Å². The summed E-state index contributed by atoms with van der Waals surface area (Å²) in [5.74, 6) is -1.34. The van der Waals surface area contributed by atoms with E-state index in [4.69, 9.17) is 23.2 Å². The number of sulfonamides is 1. The van der Waals surface area contributed by atoms with Crippen LogP contribution in [0.15, 0.2) is 65.8 Å². The molecule has 0 atom stereocenters. The number of hydrogen-bond acceptors (Lipinski definition) is 5. The third-order valence-electron chi connectivity index (χ3n) is 5.13. The van der Waals surface area contributed by atoms with Crippen molar-refractivity contribution >= 4 is 62.3 Å². The molecule has 2 heterocycles. The fourth-order valence-corrected chi connectivity index (χ4v) is 5.76. The minimum absolute atomic E-state index is 0.103. The van der Waals surface area contributed by atoms with Crippen LogP contribution in [0, 0.1) is 0 Å². The number of amides is 2. The lowest BCUT2D eigenvalue weighted by atomic mass is 10.1. The second-order valence-corrected chi connectivity index (χ2v) is 10.1. The van der Waals surface area contributed by atoms with Crippen molar-refractivity contribution in [3.63, 3.8) is 0 Å². The van der Waals surface area contributed by atoms with E-state index in [9.17, 15) is 23.1 Å². The van der Waals surface area contributed by atoms with Crippen molar-refractivity contribution < 1.29 is 23.1 Å². The van der Waals surface area contributed by atoms with Gasteiger partial charge >= 0.3 is 12.0 Å². The van der Waals surface area contributed by atoms with Crippen LogP contribution in [-0.2, 0) is 21.2 Å². The van der Waals surface area contributed by atoms with Gasteiger partial charge in [-0.3, -0.25) is 19.0 Å². The van der Waals surface area contributed by atoms with Crippen molar-refractivity contribution in [2.75, 3.05) is 27.6 Å². The number of benzene rings is 2. The summed E-state index contributed by atoms with van der Waals surface area (Å²) in [6, 6.07) is 11.4. The van der Waals surface area contributed by atoms with E-state index >= 15 is 0 Å². The highest BCUT2D eigenvalue weighted by Gasteiger charge is 2.31. The number of carbonyl (C=O) groups is 2. The molecule has 1 aliphatic heterocycles. The van der Waals surface area contributed by atoms with Crippen molar-refractivity contribution in [2.45, 2.75) is 11.3 Å². The topological polar surface area (TPSA) is 120 Å². The second-order valence-electron chi connectivity index (χ2n) is 7.39. The fraction of sp³-hybridized carbons (Fsp3) is 0.136. The number of nitrogens with zero attached hydrogens (tertiary/aromatic N) is 3. The highest BCUT2D eigenvalue weighted by molar-refractivity contribution is 7.92. The van der Waals surface area contributed by atoms with E-state index in [1.54, 1.807) is 36.7 Å². The first kappa shape index (κ1) is 23.8. The molecule has 0 bridgehead atoms. The van der Waals surface area contributed by atoms with E-state index < -0.39 is 22.5 Å². The van der Waals surface area contributed by atoms with Crippen LogP contribution in [0.1, 0.15) is 5.56 Å². The van der Waals surface area contributed by atoms with E-state index in [0.29, 0.717) is 29.9 Å². The monoisotopic (exact) mass is 520 g/mol. The van der Waals surface area contributed by atoms with Crippen LogP contribution in [0.5, 0.6) is 0 Å². The maximum absolute atomic E-state index is 13.3. The predicted octanol–water partition coefficient (Wildman–Crippen LogP) is 4.26. The highest BCUT2D eigenvalue weighted by atomic mass is 35.5. The lowest BCUT2D eigenvalue weighted by Crippen LogP contribution is -2.36. The molecule has 9 nitrogen and oxygen atoms in total. The zero-order valence-electron chi connectivity index (χ0n) is 17.5. The molecule has 0 radical (unpaired) electrons. The number of nitrogens with one attached hydrogen (secondary N) is 1. The third kappa shape index (κ3) is 4.93. The van der Waals surface area contributed by atoms with Gasteiger partial charge in [0.05, 0.1) is 10.6 Å². The van der Waals surface area contributed by atoms with Crippen molar-refractivity contribution in [3.8, 4) is 0 Å². The van der Waals surface area contributed by atoms with Crippen LogP contribution in [0.2, 0.25) is 10.0 Å². The molecule has 2 aromatic carbocycles. The van der Waals surface area contributed by atoms with Crippen molar-refractivity contribution in [3.05, 3.63) is 76.5 Å². The van der Waals surface area contributed by atoms with Gasteiger partial charge in [-0.25, -0.2) is 13.2 Å². The molecule has 3 aromatic rings. The SMILES string of the molecule is O=C(O)CN(c1ccc2c(c1)CCN2C(=O)Nc1ccncc1)S(=O)(=O)c1cc(Cl)cc(Cl)c1. The quantitative estimate of drug-likeness (QED) is 0.500. The number of rotatable bonds is 6. The molecule has 0 unspecified atom stereocenters. The van der Waals surface area contributed by atoms with Crippen LogP contribution >= 0.6 is 23.2 Å². The Morgan fingerprint density at radius 2 is 1.74 bits per heavy atom. The molecule has 1 aromatic heterocycles. The molecule has 0 saturated carbocycles. The number of aromatic nitrogens is 1. The number of fused-ring (bicyclic) bond motifs is 1. The third-order valence-corrected chi connectivity index (χ3v) is 7.31. The maximum Gasteiger partial charge on any atom is 0.326 e. The van der Waals surface area contributed by atoms with Crippen LogP contribution in [0.4, 0.5) is 21.9 Å². The first-order valence-electron chi connectivity index (χ1n) is 9.97. The van der Waals surface area contributed by atoms with E-state index in [2.05, 4.69) is 10.3 Å². The van der Waals surface area contributed by atoms with Gasteiger partial charge in [0.2, 0.25) is 0 Å². The molecule has 0 saturated heterocycles. The van der Waals surface area contributed by atoms with Crippen LogP contribution in [0.25, 0.3) is 0 Å². The summed E-state index contributed by atoms with van der Waals surface area (Å²) in [6.07, 6.45) is 3.59.